The zero-order chi connectivity index (χ0) is 14.8. The molecule has 0 bridgehead atoms. The molecule has 5 heteroatoms. The van der Waals surface area contributed by atoms with E-state index in [2.05, 4.69) is 28.2 Å². The third-order valence-corrected chi connectivity index (χ3v) is 4.80. The molecule has 2 rings (SSSR count). The van der Waals surface area contributed by atoms with Gasteiger partial charge in [0.1, 0.15) is 5.54 Å². The van der Waals surface area contributed by atoms with Gasteiger partial charge in [0.05, 0.1) is 0 Å². The lowest BCUT2D eigenvalue weighted by atomic mass is 9.86. The minimum atomic E-state index is -0.982. The molecule has 1 amide bonds. The molecule has 0 aromatic heterocycles. The predicted molar refractivity (Wildman–Crippen MR) is 92.5 cm³/mol. The highest BCUT2D eigenvalue weighted by Crippen LogP contribution is 2.25. The number of benzene rings is 1. The summed E-state index contributed by atoms with van der Waals surface area (Å²) in [5.41, 5.74) is 6.10. The smallest absolute Gasteiger partial charge is 0.244 e. The minimum absolute atomic E-state index is 0. The molecule has 1 unspecified atom stereocenters. The highest BCUT2D eigenvalue weighted by molar-refractivity contribution is 9.10. The molecule has 1 aromatic carbocycles. The summed E-state index contributed by atoms with van der Waals surface area (Å²) in [5.74, 6) is 0.693. The van der Waals surface area contributed by atoms with Crippen LogP contribution in [-0.4, -0.2) is 11.9 Å². The van der Waals surface area contributed by atoms with E-state index in [-0.39, 0.29) is 24.4 Å². The summed E-state index contributed by atoms with van der Waals surface area (Å²) in [5, 5.41) is 3.12. The van der Waals surface area contributed by atoms with Crippen molar-refractivity contribution in [1.29, 1.82) is 0 Å². The highest BCUT2D eigenvalue weighted by Gasteiger charge is 2.32. The Morgan fingerprint density at radius 1 is 1.24 bits per heavy atom. The van der Waals surface area contributed by atoms with Crippen LogP contribution in [0.5, 0.6) is 0 Å². The first-order valence-electron chi connectivity index (χ1n) is 7.25. The van der Waals surface area contributed by atoms with Gasteiger partial charge in [-0.1, -0.05) is 35.0 Å². The van der Waals surface area contributed by atoms with Gasteiger partial charge in [0.2, 0.25) is 5.91 Å². The third-order valence-electron chi connectivity index (χ3n) is 4.27. The van der Waals surface area contributed by atoms with Crippen LogP contribution in [0, 0.1) is 5.92 Å². The zero-order valence-corrected chi connectivity index (χ0v) is 15.0. The molecular formula is C16H24BrClN2O. The van der Waals surface area contributed by atoms with Crippen LogP contribution in [0.2, 0.25) is 0 Å². The lowest BCUT2D eigenvalue weighted by Gasteiger charge is -2.31. The number of hydrogen-bond acceptors (Lipinski definition) is 2. The van der Waals surface area contributed by atoms with Crippen molar-refractivity contribution in [2.24, 2.45) is 11.7 Å². The van der Waals surface area contributed by atoms with Crippen LogP contribution in [-0.2, 0) is 10.3 Å². The maximum Gasteiger partial charge on any atom is 0.244 e. The second kappa shape index (κ2) is 7.61. The normalized spacial score (nSPS) is 24.6. The average Bonchev–Trinajstić information content (AvgIpc) is 2.42. The fourth-order valence-electron chi connectivity index (χ4n) is 2.67. The molecule has 0 radical (unpaired) electrons. The van der Waals surface area contributed by atoms with Crippen LogP contribution in [0.15, 0.2) is 28.7 Å². The largest absolute Gasteiger partial charge is 0.351 e. The van der Waals surface area contributed by atoms with Gasteiger partial charge >= 0.3 is 0 Å². The molecular weight excluding hydrogens is 352 g/mol. The van der Waals surface area contributed by atoms with Gasteiger partial charge < -0.3 is 11.1 Å². The lowest BCUT2D eigenvalue weighted by molar-refractivity contribution is -0.127. The van der Waals surface area contributed by atoms with Crippen LogP contribution in [0.4, 0.5) is 0 Å². The van der Waals surface area contributed by atoms with Gasteiger partial charge in [0.25, 0.3) is 0 Å². The zero-order valence-electron chi connectivity index (χ0n) is 12.6. The van der Waals surface area contributed by atoms with Crippen molar-refractivity contribution in [3.8, 4) is 0 Å². The molecule has 0 heterocycles. The predicted octanol–water partition coefficient (Wildman–Crippen LogP) is 3.74. The van der Waals surface area contributed by atoms with E-state index in [9.17, 15) is 4.79 Å². The van der Waals surface area contributed by atoms with Crippen LogP contribution in [0.3, 0.4) is 0 Å². The quantitative estimate of drug-likeness (QED) is 0.845. The Bertz CT molecular complexity index is 468. The topological polar surface area (TPSA) is 55.1 Å². The molecule has 118 valence electrons. The van der Waals surface area contributed by atoms with Gasteiger partial charge in [-0.15, -0.1) is 12.4 Å². The summed E-state index contributed by atoms with van der Waals surface area (Å²) in [6, 6.07) is 7.89. The van der Waals surface area contributed by atoms with Crippen molar-refractivity contribution >= 4 is 34.2 Å². The van der Waals surface area contributed by atoms with E-state index in [0.29, 0.717) is 0 Å². The molecule has 0 spiro atoms. The molecule has 1 fully saturated rings. The van der Waals surface area contributed by atoms with E-state index >= 15 is 0 Å². The van der Waals surface area contributed by atoms with Gasteiger partial charge in [-0.2, -0.15) is 0 Å². The van der Waals surface area contributed by atoms with Crippen molar-refractivity contribution < 1.29 is 4.79 Å². The third kappa shape index (κ3) is 4.70. The molecule has 1 aliphatic carbocycles. The van der Waals surface area contributed by atoms with E-state index in [1.54, 1.807) is 6.92 Å². The molecule has 3 nitrogen and oxygen atoms in total. The summed E-state index contributed by atoms with van der Waals surface area (Å²) in [6.07, 6.45) is 4.49. The summed E-state index contributed by atoms with van der Waals surface area (Å²) in [4.78, 5) is 12.5. The fraction of sp³-hybridized carbons (Fsp3) is 0.562. The number of carbonyl (C=O) groups excluding carboxylic acids is 1. The van der Waals surface area contributed by atoms with E-state index in [1.807, 2.05) is 24.3 Å². The van der Waals surface area contributed by atoms with Crippen molar-refractivity contribution in [1.82, 2.24) is 5.32 Å². The standard InChI is InChI=1S/C16H23BrN2O.ClH/c1-11-3-9-14(10-4-11)19-15(20)16(2,18)12-5-7-13(17)8-6-12;/h5-8,11,14H,3-4,9-10,18H2,1-2H3,(H,19,20);1H. The Hall–Kier alpha value is -0.580. The van der Waals surface area contributed by atoms with E-state index in [0.717, 1.165) is 28.8 Å². The Morgan fingerprint density at radius 3 is 2.29 bits per heavy atom. The molecule has 0 saturated heterocycles. The molecule has 0 aliphatic heterocycles. The van der Waals surface area contributed by atoms with Crippen molar-refractivity contribution in [3.63, 3.8) is 0 Å². The first-order valence-corrected chi connectivity index (χ1v) is 8.05. The first-order chi connectivity index (χ1) is 9.39. The maximum absolute atomic E-state index is 12.5. The number of halogens is 2. The van der Waals surface area contributed by atoms with Crippen molar-refractivity contribution in [3.05, 3.63) is 34.3 Å². The van der Waals surface area contributed by atoms with Gasteiger partial charge in [-0.3, -0.25) is 4.79 Å². The molecule has 21 heavy (non-hydrogen) atoms. The summed E-state index contributed by atoms with van der Waals surface area (Å²) in [7, 11) is 0. The molecule has 3 N–H and O–H groups in total. The number of nitrogens with one attached hydrogen (secondary N) is 1. The van der Waals surface area contributed by atoms with Gasteiger partial charge in [-0.05, 0) is 56.2 Å². The molecule has 1 aliphatic rings. The van der Waals surface area contributed by atoms with Gasteiger partial charge in [-0.25, -0.2) is 0 Å². The lowest BCUT2D eigenvalue weighted by Crippen LogP contribution is -2.52. The van der Waals surface area contributed by atoms with Crippen LogP contribution in [0.25, 0.3) is 0 Å². The van der Waals surface area contributed by atoms with E-state index in [1.165, 1.54) is 12.8 Å². The summed E-state index contributed by atoms with van der Waals surface area (Å²) in [6.45, 7) is 4.05. The van der Waals surface area contributed by atoms with Crippen LogP contribution in [0.1, 0.15) is 45.1 Å². The Balaban J connectivity index is 0.00000220. The summed E-state index contributed by atoms with van der Waals surface area (Å²) >= 11 is 3.39. The maximum atomic E-state index is 12.5. The van der Waals surface area contributed by atoms with Crippen molar-refractivity contribution in [2.45, 2.75) is 51.1 Å². The number of amides is 1. The number of rotatable bonds is 3. The van der Waals surface area contributed by atoms with Gasteiger partial charge in [0, 0.05) is 10.5 Å². The average molecular weight is 376 g/mol. The number of carbonyl (C=O) groups is 1. The van der Waals surface area contributed by atoms with E-state index < -0.39 is 5.54 Å². The second-order valence-corrected chi connectivity index (χ2v) is 7.06. The number of nitrogens with two attached hydrogens (primary N) is 1. The summed E-state index contributed by atoms with van der Waals surface area (Å²) < 4.78 is 0.985. The Labute approximate surface area is 141 Å². The SMILES string of the molecule is CC1CCC(NC(=O)C(C)(N)c2ccc(Br)cc2)CC1.Cl. The molecule has 1 saturated carbocycles. The van der Waals surface area contributed by atoms with Crippen molar-refractivity contribution in [2.75, 3.05) is 0 Å². The van der Waals surface area contributed by atoms with Gasteiger partial charge in [0.15, 0.2) is 0 Å². The van der Waals surface area contributed by atoms with Crippen LogP contribution < -0.4 is 11.1 Å². The Morgan fingerprint density at radius 2 is 1.76 bits per heavy atom. The molecule has 1 aromatic rings. The molecule has 1 atom stereocenters. The Kier molecular flexibility index (Phi) is 6.70. The number of hydrogen-bond donors (Lipinski definition) is 2. The first kappa shape index (κ1) is 18.5. The second-order valence-electron chi connectivity index (χ2n) is 6.14. The van der Waals surface area contributed by atoms with E-state index in [4.69, 9.17) is 5.73 Å². The minimum Gasteiger partial charge on any atom is -0.351 e. The fourth-order valence-corrected chi connectivity index (χ4v) is 2.93. The van der Waals surface area contributed by atoms with Crippen LogP contribution >= 0.6 is 28.3 Å². The monoisotopic (exact) mass is 374 g/mol. The highest BCUT2D eigenvalue weighted by atomic mass is 79.9.